The molecule has 0 fully saturated rings. The second-order valence-electron chi connectivity index (χ2n) is 6.71. The molecule has 4 aromatic rings. The van der Waals surface area contributed by atoms with Gasteiger partial charge in [-0.05, 0) is 38.1 Å². The highest BCUT2D eigenvalue weighted by molar-refractivity contribution is 7.12. The molecule has 0 aliphatic heterocycles. The maximum atomic E-state index is 14.1. The summed E-state index contributed by atoms with van der Waals surface area (Å²) < 4.78 is 15.5. The van der Waals surface area contributed by atoms with Crippen LogP contribution in [0.3, 0.4) is 0 Å². The first-order valence-electron chi connectivity index (χ1n) is 9.24. The van der Waals surface area contributed by atoms with E-state index in [2.05, 4.69) is 15.4 Å². The molecule has 1 amide bonds. The summed E-state index contributed by atoms with van der Waals surface area (Å²) in [4.78, 5) is 18.4. The lowest BCUT2D eigenvalue weighted by Gasteiger charge is -2.07. The maximum Gasteiger partial charge on any atom is 0.255 e. The fraction of sp³-hybridized carbons (Fsp3) is 0.136. The van der Waals surface area contributed by atoms with Crippen LogP contribution in [0.5, 0.6) is 0 Å². The Hall–Kier alpha value is -3.03. The first kappa shape index (κ1) is 20.3. The van der Waals surface area contributed by atoms with E-state index in [-0.39, 0.29) is 5.91 Å². The molecule has 0 bridgehead atoms. The Kier molecular flexibility index (Phi) is 5.65. The highest BCUT2D eigenvalue weighted by Gasteiger charge is 2.17. The van der Waals surface area contributed by atoms with Crippen molar-refractivity contribution in [2.24, 2.45) is 0 Å². The average molecular weight is 441 g/mol. The smallest absolute Gasteiger partial charge is 0.255 e. The second kappa shape index (κ2) is 8.38. The van der Waals surface area contributed by atoms with Crippen LogP contribution >= 0.6 is 22.9 Å². The number of rotatable bonds is 5. The number of carbonyl (C=O) groups is 1. The summed E-state index contributed by atoms with van der Waals surface area (Å²) in [6.45, 7) is 4.03. The van der Waals surface area contributed by atoms with Crippen LogP contribution in [0.1, 0.15) is 25.9 Å². The van der Waals surface area contributed by atoms with Gasteiger partial charge in [0.2, 0.25) is 0 Å². The van der Waals surface area contributed by atoms with Gasteiger partial charge in [0.25, 0.3) is 5.91 Å². The summed E-state index contributed by atoms with van der Waals surface area (Å²) in [6.07, 6.45) is 1.45. The van der Waals surface area contributed by atoms with E-state index in [4.69, 9.17) is 11.6 Å². The Labute approximate surface area is 182 Å². The first-order chi connectivity index (χ1) is 14.4. The van der Waals surface area contributed by atoms with E-state index in [9.17, 15) is 9.18 Å². The van der Waals surface area contributed by atoms with Crippen LogP contribution in [0.4, 0.5) is 4.39 Å². The second-order valence-corrected chi connectivity index (χ2v) is 8.43. The van der Waals surface area contributed by atoms with Crippen molar-refractivity contribution < 1.29 is 9.18 Å². The fourth-order valence-corrected chi connectivity index (χ4v) is 4.17. The normalized spacial score (nSPS) is 10.9. The van der Waals surface area contributed by atoms with Gasteiger partial charge in [0.05, 0.1) is 29.7 Å². The number of halogens is 2. The summed E-state index contributed by atoms with van der Waals surface area (Å²) in [5.74, 6) is -0.681. The van der Waals surface area contributed by atoms with E-state index < -0.39 is 5.82 Å². The minimum atomic E-state index is -0.399. The number of hydrogen-bond donors (Lipinski definition) is 1. The van der Waals surface area contributed by atoms with Crippen molar-refractivity contribution in [2.45, 2.75) is 20.4 Å². The predicted molar refractivity (Wildman–Crippen MR) is 117 cm³/mol. The number of nitrogens with one attached hydrogen (secondary N) is 1. The van der Waals surface area contributed by atoms with E-state index in [1.807, 2.05) is 31.2 Å². The molecule has 4 rings (SSSR count). The first-order valence-corrected chi connectivity index (χ1v) is 10.4. The molecule has 0 atom stereocenters. The third-order valence-electron chi connectivity index (χ3n) is 4.69. The molecule has 2 aromatic heterocycles. The topological polar surface area (TPSA) is 59.8 Å². The largest absolute Gasteiger partial charge is 0.345 e. The third kappa shape index (κ3) is 3.99. The van der Waals surface area contributed by atoms with Gasteiger partial charge < -0.3 is 5.32 Å². The van der Waals surface area contributed by atoms with Crippen molar-refractivity contribution in [2.75, 3.05) is 0 Å². The van der Waals surface area contributed by atoms with Gasteiger partial charge in [-0.2, -0.15) is 5.10 Å². The molecule has 2 heterocycles. The molecule has 0 saturated carbocycles. The molecule has 0 spiro atoms. The van der Waals surface area contributed by atoms with Crippen LogP contribution in [0.25, 0.3) is 16.9 Å². The van der Waals surface area contributed by atoms with Gasteiger partial charge >= 0.3 is 0 Å². The molecule has 30 heavy (non-hydrogen) atoms. The monoisotopic (exact) mass is 440 g/mol. The van der Waals surface area contributed by atoms with Crippen LogP contribution < -0.4 is 5.32 Å². The number of hydrogen-bond acceptors (Lipinski definition) is 4. The van der Waals surface area contributed by atoms with Crippen molar-refractivity contribution in [1.29, 1.82) is 0 Å². The lowest BCUT2D eigenvalue weighted by atomic mass is 10.1. The summed E-state index contributed by atoms with van der Waals surface area (Å²) in [7, 11) is 0. The van der Waals surface area contributed by atoms with Crippen LogP contribution in [0.15, 0.2) is 54.7 Å². The summed E-state index contributed by atoms with van der Waals surface area (Å²) >= 11 is 7.49. The Bertz CT molecular complexity index is 1220. The minimum Gasteiger partial charge on any atom is -0.345 e. The summed E-state index contributed by atoms with van der Waals surface area (Å²) in [5, 5.41) is 8.53. The SMILES string of the molecule is Cc1sc(CNC(=O)c2cnn(-c3ccccc3F)c2C)nc1-c1ccc(Cl)cc1. The van der Waals surface area contributed by atoms with E-state index in [0.717, 1.165) is 21.1 Å². The zero-order valence-electron chi connectivity index (χ0n) is 16.3. The summed E-state index contributed by atoms with van der Waals surface area (Å²) in [6, 6.07) is 13.8. The fourth-order valence-electron chi connectivity index (χ4n) is 3.15. The molecule has 0 aliphatic rings. The standard InChI is InChI=1S/C22H18ClFN4OS/c1-13-17(11-26-28(13)19-6-4-3-5-18(19)24)22(29)25-12-20-27-21(14(2)30-20)15-7-9-16(23)10-8-15/h3-11H,12H2,1-2H3,(H,25,29). The van der Waals surface area contributed by atoms with Crippen molar-refractivity contribution in [3.63, 3.8) is 0 Å². The van der Waals surface area contributed by atoms with Gasteiger partial charge in [-0.25, -0.2) is 14.1 Å². The highest BCUT2D eigenvalue weighted by atomic mass is 35.5. The van der Waals surface area contributed by atoms with Gasteiger partial charge in [-0.1, -0.05) is 35.9 Å². The summed E-state index contributed by atoms with van der Waals surface area (Å²) in [5.41, 5.74) is 3.12. The molecule has 0 aliphatic carbocycles. The number of amides is 1. The third-order valence-corrected chi connectivity index (χ3v) is 5.92. The van der Waals surface area contributed by atoms with E-state index in [1.165, 1.54) is 28.3 Å². The van der Waals surface area contributed by atoms with Crippen LogP contribution in [0.2, 0.25) is 5.02 Å². The number of nitrogens with zero attached hydrogens (tertiary/aromatic N) is 3. The lowest BCUT2D eigenvalue weighted by molar-refractivity contribution is 0.0950. The predicted octanol–water partition coefficient (Wildman–Crippen LogP) is 5.34. The molecular weight excluding hydrogens is 423 g/mol. The molecule has 0 unspecified atom stereocenters. The van der Waals surface area contributed by atoms with Crippen LogP contribution in [0, 0.1) is 19.7 Å². The van der Waals surface area contributed by atoms with Crippen molar-refractivity contribution >= 4 is 28.8 Å². The maximum absolute atomic E-state index is 14.1. The molecule has 5 nitrogen and oxygen atoms in total. The molecule has 1 N–H and O–H groups in total. The van der Waals surface area contributed by atoms with Crippen molar-refractivity contribution in [3.05, 3.63) is 86.7 Å². The Balaban J connectivity index is 1.49. The zero-order chi connectivity index (χ0) is 21.3. The van der Waals surface area contributed by atoms with Crippen molar-refractivity contribution in [3.8, 4) is 16.9 Å². The van der Waals surface area contributed by atoms with Gasteiger partial charge in [0, 0.05) is 15.5 Å². The number of aromatic nitrogens is 3. The van der Waals surface area contributed by atoms with Gasteiger partial charge in [-0.15, -0.1) is 11.3 Å². The molecule has 0 radical (unpaired) electrons. The molecule has 8 heteroatoms. The van der Waals surface area contributed by atoms with Crippen LogP contribution in [-0.4, -0.2) is 20.7 Å². The molecular formula is C22H18ClFN4OS. The molecule has 152 valence electrons. The zero-order valence-corrected chi connectivity index (χ0v) is 17.9. The number of aryl methyl sites for hydroxylation is 1. The lowest BCUT2D eigenvalue weighted by Crippen LogP contribution is -2.23. The Morgan fingerprint density at radius 1 is 1.17 bits per heavy atom. The van der Waals surface area contributed by atoms with Crippen LogP contribution in [-0.2, 0) is 6.54 Å². The number of benzene rings is 2. The number of para-hydroxylation sites is 1. The molecule has 0 saturated heterocycles. The minimum absolute atomic E-state index is 0.281. The quantitative estimate of drug-likeness (QED) is 0.456. The van der Waals surface area contributed by atoms with Crippen molar-refractivity contribution in [1.82, 2.24) is 20.1 Å². The Morgan fingerprint density at radius 2 is 1.90 bits per heavy atom. The number of thiazole rings is 1. The average Bonchev–Trinajstić information content (AvgIpc) is 3.30. The Morgan fingerprint density at radius 3 is 2.63 bits per heavy atom. The highest BCUT2D eigenvalue weighted by Crippen LogP contribution is 2.28. The van der Waals surface area contributed by atoms with E-state index >= 15 is 0 Å². The van der Waals surface area contributed by atoms with Gasteiger partial charge in [0.1, 0.15) is 16.5 Å². The van der Waals surface area contributed by atoms with Gasteiger partial charge in [0.15, 0.2) is 0 Å². The van der Waals surface area contributed by atoms with E-state index in [0.29, 0.717) is 28.5 Å². The van der Waals surface area contributed by atoms with Gasteiger partial charge in [-0.3, -0.25) is 4.79 Å². The molecule has 2 aromatic carbocycles. The van der Waals surface area contributed by atoms with E-state index in [1.54, 1.807) is 25.1 Å². The number of carbonyl (C=O) groups excluding carboxylic acids is 1.